The molecule has 4 atom stereocenters. The van der Waals surface area contributed by atoms with Gasteiger partial charge in [-0.25, -0.2) is 4.98 Å². The van der Waals surface area contributed by atoms with Crippen LogP contribution in [0.1, 0.15) is 37.4 Å². The maximum atomic E-state index is 13.3. The fourth-order valence-corrected chi connectivity index (χ4v) is 5.53. The first-order valence-corrected chi connectivity index (χ1v) is 11.1. The van der Waals surface area contributed by atoms with Gasteiger partial charge in [-0.2, -0.15) is 0 Å². The second kappa shape index (κ2) is 7.26. The standard InChI is InChI=1S/C21H29N3O3S/c1-5-14(6-2)9-24-12-21-8-7-16(27-21)17(18(21)20(24)26)19(25)23(4)10-15-11-28-13(3)22-15/h7-8,11,14,16-18H,5-6,9-10,12H2,1-4H3/t16-,17?,18?,21-/m1/s1. The Morgan fingerprint density at radius 1 is 1.46 bits per heavy atom. The Balaban J connectivity index is 1.52. The lowest BCUT2D eigenvalue weighted by Gasteiger charge is -2.27. The summed E-state index contributed by atoms with van der Waals surface area (Å²) in [6.45, 7) is 8.07. The molecule has 0 radical (unpaired) electrons. The molecule has 152 valence electrons. The molecule has 2 unspecified atom stereocenters. The normalized spacial score (nSPS) is 30.5. The molecule has 2 amide bonds. The molecular formula is C21H29N3O3S. The van der Waals surface area contributed by atoms with Crippen molar-refractivity contribution in [3.63, 3.8) is 0 Å². The summed E-state index contributed by atoms with van der Waals surface area (Å²) in [7, 11) is 1.79. The minimum absolute atomic E-state index is 0.0235. The van der Waals surface area contributed by atoms with Crippen LogP contribution < -0.4 is 0 Å². The summed E-state index contributed by atoms with van der Waals surface area (Å²) in [4.78, 5) is 34.6. The summed E-state index contributed by atoms with van der Waals surface area (Å²) in [5, 5.41) is 2.97. The SMILES string of the molecule is CCC(CC)CN1C[C@@]23C=C[C@@H](O2)C(C(=O)N(C)Cc2csc(C)n2)C3C1=O. The van der Waals surface area contributed by atoms with Crippen molar-refractivity contribution < 1.29 is 14.3 Å². The van der Waals surface area contributed by atoms with Crippen molar-refractivity contribution in [1.82, 2.24) is 14.8 Å². The number of rotatable bonds is 7. The lowest BCUT2D eigenvalue weighted by atomic mass is 9.76. The number of thiazole rings is 1. The number of amides is 2. The predicted molar refractivity (Wildman–Crippen MR) is 108 cm³/mol. The molecule has 7 heteroatoms. The molecule has 28 heavy (non-hydrogen) atoms. The molecule has 1 aromatic heterocycles. The zero-order chi connectivity index (χ0) is 20.1. The molecule has 3 aliphatic rings. The van der Waals surface area contributed by atoms with Crippen molar-refractivity contribution in [2.75, 3.05) is 20.1 Å². The molecule has 0 aromatic carbocycles. The number of hydrogen-bond acceptors (Lipinski definition) is 5. The van der Waals surface area contributed by atoms with Gasteiger partial charge < -0.3 is 14.5 Å². The van der Waals surface area contributed by atoms with Gasteiger partial charge in [0.05, 0.1) is 41.7 Å². The Labute approximate surface area is 170 Å². The van der Waals surface area contributed by atoms with Crippen molar-refractivity contribution in [3.8, 4) is 0 Å². The molecule has 4 heterocycles. The van der Waals surface area contributed by atoms with E-state index in [-0.39, 0.29) is 17.9 Å². The molecule has 0 aliphatic carbocycles. The van der Waals surface area contributed by atoms with Crippen LogP contribution in [0.15, 0.2) is 17.5 Å². The van der Waals surface area contributed by atoms with E-state index in [0.29, 0.717) is 19.0 Å². The van der Waals surface area contributed by atoms with Crippen molar-refractivity contribution in [2.24, 2.45) is 17.8 Å². The van der Waals surface area contributed by atoms with E-state index < -0.39 is 17.4 Å². The van der Waals surface area contributed by atoms with Gasteiger partial charge in [0, 0.05) is 19.0 Å². The van der Waals surface area contributed by atoms with Crippen LogP contribution in [0.2, 0.25) is 0 Å². The summed E-state index contributed by atoms with van der Waals surface area (Å²) in [5.41, 5.74) is 0.271. The Bertz CT molecular complexity index is 803. The van der Waals surface area contributed by atoms with E-state index >= 15 is 0 Å². The van der Waals surface area contributed by atoms with Gasteiger partial charge in [0.2, 0.25) is 11.8 Å². The fraction of sp³-hybridized carbons (Fsp3) is 0.667. The number of carbonyl (C=O) groups is 2. The molecule has 6 nitrogen and oxygen atoms in total. The first kappa shape index (κ1) is 19.6. The monoisotopic (exact) mass is 403 g/mol. The highest BCUT2D eigenvalue weighted by molar-refractivity contribution is 7.09. The van der Waals surface area contributed by atoms with Crippen LogP contribution in [-0.2, 0) is 20.9 Å². The summed E-state index contributed by atoms with van der Waals surface area (Å²) in [6, 6.07) is 0. The molecule has 1 aromatic rings. The second-order valence-electron chi connectivity index (χ2n) is 8.35. The van der Waals surface area contributed by atoms with E-state index in [4.69, 9.17) is 4.74 Å². The van der Waals surface area contributed by atoms with E-state index in [9.17, 15) is 9.59 Å². The van der Waals surface area contributed by atoms with Crippen LogP contribution in [0, 0.1) is 24.7 Å². The molecule has 3 aliphatic heterocycles. The Morgan fingerprint density at radius 3 is 2.86 bits per heavy atom. The van der Waals surface area contributed by atoms with E-state index in [2.05, 4.69) is 18.8 Å². The summed E-state index contributed by atoms with van der Waals surface area (Å²) >= 11 is 1.58. The number of fused-ring (bicyclic) bond motifs is 1. The molecule has 2 bridgehead atoms. The zero-order valence-electron chi connectivity index (χ0n) is 17.1. The number of ether oxygens (including phenoxy) is 1. The Kier molecular flexibility index (Phi) is 5.08. The largest absolute Gasteiger partial charge is 0.360 e. The average molecular weight is 404 g/mol. The molecule has 0 N–H and O–H groups in total. The Hall–Kier alpha value is -1.73. The Morgan fingerprint density at radius 2 is 2.21 bits per heavy atom. The molecule has 2 saturated heterocycles. The van der Waals surface area contributed by atoms with E-state index in [1.807, 2.05) is 29.4 Å². The van der Waals surface area contributed by atoms with E-state index in [1.54, 1.807) is 23.3 Å². The van der Waals surface area contributed by atoms with Crippen LogP contribution in [0.25, 0.3) is 0 Å². The van der Waals surface area contributed by atoms with E-state index in [1.165, 1.54) is 0 Å². The lowest BCUT2D eigenvalue weighted by molar-refractivity contribution is -0.143. The highest BCUT2D eigenvalue weighted by atomic mass is 32.1. The number of nitrogens with zero attached hydrogens (tertiary/aromatic N) is 3. The van der Waals surface area contributed by atoms with Crippen LogP contribution in [0.5, 0.6) is 0 Å². The molecule has 4 rings (SSSR count). The summed E-state index contributed by atoms with van der Waals surface area (Å²) < 4.78 is 6.24. The van der Waals surface area contributed by atoms with Crippen molar-refractivity contribution in [3.05, 3.63) is 28.2 Å². The number of aromatic nitrogens is 1. The average Bonchev–Trinajstić information content (AvgIpc) is 3.41. The highest BCUT2D eigenvalue weighted by Gasteiger charge is 2.67. The van der Waals surface area contributed by atoms with E-state index in [0.717, 1.165) is 30.1 Å². The number of carbonyl (C=O) groups excluding carboxylic acids is 2. The third-order valence-electron chi connectivity index (χ3n) is 6.54. The van der Waals surface area contributed by atoms with Crippen LogP contribution >= 0.6 is 11.3 Å². The predicted octanol–water partition coefficient (Wildman–Crippen LogP) is 2.63. The van der Waals surface area contributed by atoms with Gasteiger partial charge in [0.15, 0.2) is 0 Å². The molecular weight excluding hydrogens is 374 g/mol. The van der Waals surface area contributed by atoms with Crippen LogP contribution in [0.4, 0.5) is 0 Å². The molecule has 1 spiro atoms. The minimum atomic E-state index is -0.619. The van der Waals surface area contributed by atoms with Gasteiger partial charge in [0.1, 0.15) is 5.60 Å². The van der Waals surface area contributed by atoms with Gasteiger partial charge in [-0.05, 0) is 12.8 Å². The fourth-order valence-electron chi connectivity index (χ4n) is 4.93. The maximum Gasteiger partial charge on any atom is 0.230 e. The van der Waals surface area contributed by atoms with Crippen molar-refractivity contribution in [2.45, 2.75) is 51.9 Å². The third kappa shape index (κ3) is 3.08. The smallest absolute Gasteiger partial charge is 0.230 e. The number of likely N-dealkylation sites (tertiary alicyclic amines) is 1. The van der Waals surface area contributed by atoms with Gasteiger partial charge in [-0.1, -0.05) is 38.8 Å². The topological polar surface area (TPSA) is 62.7 Å². The van der Waals surface area contributed by atoms with Gasteiger partial charge in [-0.15, -0.1) is 11.3 Å². The molecule has 0 saturated carbocycles. The zero-order valence-corrected chi connectivity index (χ0v) is 17.9. The third-order valence-corrected chi connectivity index (χ3v) is 7.36. The van der Waals surface area contributed by atoms with Crippen LogP contribution in [-0.4, -0.2) is 58.4 Å². The first-order valence-electron chi connectivity index (χ1n) is 10.2. The maximum absolute atomic E-state index is 13.3. The number of hydrogen-bond donors (Lipinski definition) is 0. The lowest BCUT2D eigenvalue weighted by Crippen LogP contribution is -2.44. The summed E-state index contributed by atoms with van der Waals surface area (Å²) in [5.74, 6) is -0.289. The van der Waals surface area contributed by atoms with Gasteiger partial charge in [0.25, 0.3) is 0 Å². The molecule has 2 fully saturated rings. The van der Waals surface area contributed by atoms with Gasteiger partial charge >= 0.3 is 0 Å². The second-order valence-corrected chi connectivity index (χ2v) is 9.42. The van der Waals surface area contributed by atoms with Crippen molar-refractivity contribution >= 4 is 23.2 Å². The number of aryl methyl sites for hydroxylation is 1. The van der Waals surface area contributed by atoms with Gasteiger partial charge in [-0.3, -0.25) is 9.59 Å². The quantitative estimate of drug-likeness (QED) is 0.657. The highest BCUT2D eigenvalue weighted by Crippen LogP contribution is 2.52. The first-order chi connectivity index (χ1) is 13.4. The van der Waals surface area contributed by atoms with Crippen molar-refractivity contribution in [1.29, 1.82) is 0 Å². The van der Waals surface area contributed by atoms with Crippen LogP contribution in [0.3, 0.4) is 0 Å². The minimum Gasteiger partial charge on any atom is -0.360 e. The summed E-state index contributed by atoms with van der Waals surface area (Å²) in [6.07, 6.45) is 5.82.